The largest absolute Gasteiger partial charge is 0.308 e. The fourth-order valence-electron chi connectivity index (χ4n) is 1.94. The highest BCUT2D eigenvalue weighted by Crippen LogP contribution is 2.19. The molecule has 1 rings (SSSR count). The summed E-state index contributed by atoms with van der Waals surface area (Å²) in [6.45, 7) is 15.5. The van der Waals surface area contributed by atoms with Crippen LogP contribution in [0.25, 0.3) is 0 Å². The zero-order chi connectivity index (χ0) is 15.0. The molecule has 0 atom stereocenters. The van der Waals surface area contributed by atoms with Crippen LogP contribution >= 0.6 is 11.8 Å². The van der Waals surface area contributed by atoms with E-state index in [4.69, 9.17) is 0 Å². The Labute approximate surface area is 129 Å². The smallest absolute Gasteiger partial charge is 0.0210 e. The van der Waals surface area contributed by atoms with Crippen LogP contribution in [0.15, 0.2) is 29.2 Å². The number of nitrogens with one attached hydrogen (secondary N) is 1. The highest BCUT2D eigenvalue weighted by molar-refractivity contribution is 7.99. The lowest BCUT2D eigenvalue weighted by atomic mass is 10.1. The second-order valence-electron chi connectivity index (χ2n) is 6.13. The summed E-state index contributed by atoms with van der Waals surface area (Å²) in [5.74, 6) is 1.16. The Hall–Kier alpha value is -0.510. The summed E-state index contributed by atoms with van der Waals surface area (Å²) in [4.78, 5) is 3.85. The van der Waals surface area contributed by atoms with E-state index in [1.807, 2.05) is 11.8 Å². The summed E-state index contributed by atoms with van der Waals surface area (Å²) in [6, 6.07) is 8.89. The van der Waals surface area contributed by atoms with Crippen molar-refractivity contribution >= 4 is 11.8 Å². The maximum atomic E-state index is 3.54. The minimum Gasteiger partial charge on any atom is -0.308 e. The molecule has 0 saturated heterocycles. The van der Waals surface area contributed by atoms with E-state index in [9.17, 15) is 0 Å². The summed E-state index contributed by atoms with van der Waals surface area (Å²) in [7, 11) is 0. The summed E-state index contributed by atoms with van der Waals surface area (Å²) in [5, 5.41) is 3.54. The molecule has 0 aromatic heterocycles. The van der Waals surface area contributed by atoms with Crippen molar-refractivity contribution < 1.29 is 0 Å². The first-order valence-electron chi connectivity index (χ1n) is 7.63. The number of thioether (sulfide) groups is 1. The molecule has 0 unspecified atom stereocenters. The van der Waals surface area contributed by atoms with Crippen LogP contribution < -0.4 is 5.32 Å². The molecule has 1 aromatic carbocycles. The quantitative estimate of drug-likeness (QED) is 0.729. The van der Waals surface area contributed by atoms with Gasteiger partial charge in [0, 0.05) is 29.3 Å². The summed E-state index contributed by atoms with van der Waals surface area (Å²) in [5.41, 5.74) is 1.54. The van der Waals surface area contributed by atoms with E-state index in [2.05, 4.69) is 69.1 Å². The Morgan fingerprint density at radius 2 is 1.85 bits per heavy atom. The monoisotopic (exact) mass is 294 g/mol. The molecule has 20 heavy (non-hydrogen) atoms. The van der Waals surface area contributed by atoms with E-state index in [0.717, 1.165) is 25.4 Å². The van der Waals surface area contributed by atoms with Crippen molar-refractivity contribution in [2.45, 2.75) is 51.6 Å². The number of rotatable bonds is 8. The Morgan fingerprint density at radius 1 is 1.15 bits per heavy atom. The molecule has 0 amide bonds. The van der Waals surface area contributed by atoms with Gasteiger partial charge in [0.15, 0.2) is 0 Å². The molecular formula is C17H30N2S. The predicted octanol–water partition coefficient (Wildman–Crippen LogP) is 4.01. The molecule has 0 aliphatic rings. The fourth-order valence-corrected chi connectivity index (χ4v) is 2.94. The third-order valence-corrected chi connectivity index (χ3v) is 4.27. The topological polar surface area (TPSA) is 15.3 Å². The average Bonchev–Trinajstić information content (AvgIpc) is 2.41. The second kappa shape index (κ2) is 8.71. The van der Waals surface area contributed by atoms with Crippen molar-refractivity contribution in [2.75, 3.05) is 25.4 Å². The molecule has 0 heterocycles. The first-order valence-corrected chi connectivity index (χ1v) is 8.62. The molecule has 0 fully saturated rings. The lowest BCUT2D eigenvalue weighted by Crippen LogP contribution is -2.35. The van der Waals surface area contributed by atoms with Gasteiger partial charge in [0.25, 0.3) is 0 Å². The second-order valence-corrected chi connectivity index (χ2v) is 7.29. The first-order chi connectivity index (χ1) is 9.44. The zero-order valence-electron chi connectivity index (χ0n) is 13.7. The summed E-state index contributed by atoms with van der Waals surface area (Å²) < 4.78 is 0. The van der Waals surface area contributed by atoms with Gasteiger partial charge >= 0.3 is 0 Å². The Balaban J connectivity index is 2.43. The Morgan fingerprint density at radius 3 is 2.45 bits per heavy atom. The zero-order valence-corrected chi connectivity index (χ0v) is 14.5. The van der Waals surface area contributed by atoms with E-state index in [0.29, 0.717) is 0 Å². The number of nitrogens with zero attached hydrogens (tertiary/aromatic N) is 1. The third kappa shape index (κ3) is 7.32. The van der Waals surface area contributed by atoms with Crippen LogP contribution in [-0.4, -0.2) is 35.8 Å². The molecule has 114 valence electrons. The Kier molecular flexibility index (Phi) is 7.63. The van der Waals surface area contributed by atoms with Crippen molar-refractivity contribution in [1.82, 2.24) is 10.2 Å². The van der Waals surface area contributed by atoms with Gasteiger partial charge in [-0.1, -0.05) is 26.0 Å². The third-order valence-electron chi connectivity index (χ3n) is 3.29. The van der Waals surface area contributed by atoms with Gasteiger partial charge in [-0.2, -0.15) is 0 Å². The van der Waals surface area contributed by atoms with Crippen LogP contribution in [0.5, 0.6) is 0 Å². The van der Waals surface area contributed by atoms with E-state index < -0.39 is 0 Å². The van der Waals surface area contributed by atoms with Gasteiger partial charge in [-0.25, -0.2) is 0 Å². The van der Waals surface area contributed by atoms with Gasteiger partial charge in [0.1, 0.15) is 0 Å². The SMILES string of the molecule is CCN(CC)CCSc1cccc(CNC(C)(C)C)c1. The van der Waals surface area contributed by atoms with E-state index in [1.165, 1.54) is 17.0 Å². The minimum atomic E-state index is 0.173. The molecular weight excluding hydrogens is 264 g/mol. The van der Waals surface area contributed by atoms with E-state index >= 15 is 0 Å². The van der Waals surface area contributed by atoms with Gasteiger partial charge in [0.05, 0.1) is 0 Å². The van der Waals surface area contributed by atoms with Crippen molar-refractivity contribution in [3.05, 3.63) is 29.8 Å². The molecule has 1 aromatic rings. The fraction of sp³-hybridized carbons (Fsp3) is 0.647. The summed E-state index contributed by atoms with van der Waals surface area (Å²) in [6.07, 6.45) is 0. The molecule has 1 N–H and O–H groups in total. The maximum Gasteiger partial charge on any atom is 0.0210 e. The molecule has 0 aliphatic heterocycles. The highest BCUT2D eigenvalue weighted by atomic mass is 32.2. The maximum absolute atomic E-state index is 3.54. The van der Waals surface area contributed by atoms with Gasteiger partial charge < -0.3 is 10.2 Å². The molecule has 2 nitrogen and oxygen atoms in total. The van der Waals surface area contributed by atoms with Gasteiger partial charge in [0.2, 0.25) is 0 Å². The lowest BCUT2D eigenvalue weighted by Gasteiger charge is -2.21. The van der Waals surface area contributed by atoms with Crippen LogP contribution in [0.1, 0.15) is 40.2 Å². The molecule has 3 heteroatoms. The number of hydrogen-bond acceptors (Lipinski definition) is 3. The summed E-state index contributed by atoms with van der Waals surface area (Å²) >= 11 is 1.96. The van der Waals surface area contributed by atoms with Gasteiger partial charge in [-0.05, 0) is 51.6 Å². The van der Waals surface area contributed by atoms with Gasteiger partial charge in [-0.15, -0.1) is 11.8 Å². The first kappa shape index (κ1) is 17.5. The number of hydrogen-bond donors (Lipinski definition) is 1. The van der Waals surface area contributed by atoms with Crippen molar-refractivity contribution in [2.24, 2.45) is 0 Å². The standard InChI is InChI=1S/C17H30N2S/c1-6-19(7-2)11-12-20-16-10-8-9-15(13-16)14-18-17(3,4)5/h8-10,13,18H,6-7,11-12,14H2,1-5H3. The normalized spacial score (nSPS) is 12.1. The average molecular weight is 295 g/mol. The molecule has 0 aliphatic carbocycles. The minimum absolute atomic E-state index is 0.173. The van der Waals surface area contributed by atoms with Crippen LogP contribution in [0.3, 0.4) is 0 Å². The van der Waals surface area contributed by atoms with Crippen molar-refractivity contribution in [3.63, 3.8) is 0 Å². The molecule has 0 bridgehead atoms. The predicted molar refractivity (Wildman–Crippen MR) is 91.5 cm³/mol. The lowest BCUT2D eigenvalue weighted by molar-refractivity contribution is 0.324. The van der Waals surface area contributed by atoms with Crippen molar-refractivity contribution in [3.8, 4) is 0 Å². The Bertz CT molecular complexity index is 381. The molecule has 0 radical (unpaired) electrons. The van der Waals surface area contributed by atoms with Crippen molar-refractivity contribution in [1.29, 1.82) is 0 Å². The molecule has 0 spiro atoms. The number of benzene rings is 1. The highest BCUT2D eigenvalue weighted by Gasteiger charge is 2.08. The van der Waals surface area contributed by atoms with Crippen LogP contribution in [0, 0.1) is 0 Å². The van der Waals surface area contributed by atoms with Crippen LogP contribution in [-0.2, 0) is 6.54 Å². The van der Waals surface area contributed by atoms with Crippen LogP contribution in [0.4, 0.5) is 0 Å². The van der Waals surface area contributed by atoms with E-state index in [-0.39, 0.29) is 5.54 Å². The van der Waals surface area contributed by atoms with Gasteiger partial charge in [-0.3, -0.25) is 0 Å². The van der Waals surface area contributed by atoms with E-state index in [1.54, 1.807) is 0 Å². The van der Waals surface area contributed by atoms with Crippen LogP contribution in [0.2, 0.25) is 0 Å². The molecule has 0 saturated carbocycles.